The Labute approximate surface area is 113 Å². The van der Waals surface area contributed by atoms with Gasteiger partial charge in [-0.1, -0.05) is 22.0 Å². The number of rotatable bonds is 4. The van der Waals surface area contributed by atoms with Crippen LogP contribution in [0.2, 0.25) is 0 Å². The van der Waals surface area contributed by atoms with Crippen LogP contribution < -0.4 is 5.32 Å². The van der Waals surface area contributed by atoms with Crippen molar-refractivity contribution in [2.24, 2.45) is 0 Å². The SMILES string of the molecule is O=C(O)c1cc(Br)ccc1NCc1cccnc1. The first kappa shape index (κ1) is 12.6. The number of nitrogens with zero attached hydrogens (tertiary/aromatic N) is 1. The van der Waals surface area contributed by atoms with Gasteiger partial charge in [0.25, 0.3) is 0 Å². The lowest BCUT2D eigenvalue weighted by Gasteiger charge is -2.09. The molecular weight excluding hydrogens is 296 g/mol. The number of benzene rings is 1. The molecule has 0 saturated carbocycles. The monoisotopic (exact) mass is 306 g/mol. The lowest BCUT2D eigenvalue weighted by atomic mass is 10.1. The molecule has 0 fully saturated rings. The zero-order chi connectivity index (χ0) is 13.0. The number of carbonyl (C=O) groups is 1. The molecule has 0 radical (unpaired) electrons. The highest BCUT2D eigenvalue weighted by atomic mass is 79.9. The fourth-order valence-corrected chi connectivity index (χ4v) is 1.91. The van der Waals surface area contributed by atoms with Crippen molar-refractivity contribution >= 4 is 27.6 Å². The van der Waals surface area contributed by atoms with Crippen molar-refractivity contribution in [1.82, 2.24) is 4.98 Å². The molecule has 0 unspecified atom stereocenters. The van der Waals surface area contributed by atoms with Crippen LogP contribution in [-0.2, 0) is 6.54 Å². The van der Waals surface area contributed by atoms with Crippen LogP contribution in [0.3, 0.4) is 0 Å². The number of halogens is 1. The molecule has 4 nitrogen and oxygen atoms in total. The molecule has 0 saturated heterocycles. The summed E-state index contributed by atoms with van der Waals surface area (Å²) in [5, 5.41) is 12.2. The minimum absolute atomic E-state index is 0.244. The maximum Gasteiger partial charge on any atom is 0.337 e. The van der Waals surface area contributed by atoms with Crippen molar-refractivity contribution in [3.8, 4) is 0 Å². The summed E-state index contributed by atoms with van der Waals surface area (Å²) in [5.74, 6) is -0.954. The largest absolute Gasteiger partial charge is 0.478 e. The van der Waals surface area contributed by atoms with E-state index in [-0.39, 0.29) is 5.56 Å². The fourth-order valence-electron chi connectivity index (χ4n) is 1.55. The molecule has 0 aliphatic heterocycles. The van der Waals surface area contributed by atoms with Crippen molar-refractivity contribution in [2.45, 2.75) is 6.54 Å². The van der Waals surface area contributed by atoms with Crippen LogP contribution in [0.25, 0.3) is 0 Å². The molecule has 0 amide bonds. The van der Waals surface area contributed by atoms with E-state index in [0.717, 1.165) is 10.0 Å². The highest BCUT2D eigenvalue weighted by molar-refractivity contribution is 9.10. The first-order valence-electron chi connectivity index (χ1n) is 5.32. The van der Waals surface area contributed by atoms with Crippen LogP contribution in [0.5, 0.6) is 0 Å². The Morgan fingerprint density at radius 3 is 2.89 bits per heavy atom. The zero-order valence-corrected chi connectivity index (χ0v) is 11.0. The molecule has 2 N–H and O–H groups in total. The van der Waals surface area contributed by atoms with Gasteiger partial charge in [-0.15, -0.1) is 0 Å². The number of anilines is 1. The van der Waals surface area contributed by atoms with Crippen molar-refractivity contribution in [3.05, 3.63) is 58.3 Å². The van der Waals surface area contributed by atoms with E-state index in [1.807, 2.05) is 12.1 Å². The van der Waals surface area contributed by atoms with Gasteiger partial charge in [0.2, 0.25) is 0 Å². The van der Waals surface area contributed by atoms with Crippen LogP contribution in [-0.4, -0.2) is 16.1 Å². The molecule has 0 aliphatic rings. The number of pyridine rings is 1. The lowest BCUT2D eigenvalue weighted by Crippen LogP contribution is -2.06. The predicted octanol–water partition coefficient (Wildman–Crippen LogP) is 3.15. The summed E-state index contributed by atoms with van der Waals surface area (Å²) in [6.45, 7) is 0.537. The van der Waals surface area contributed by atoms with E-state index in [9.17, 15) is 4.79 Å². The van der Waals surface area contributed by atoms with Gasteiger partial charge in [0, 0.05) is 29.1 Å². The summed E-state index contributed by atoms with van der Waals surface area (Å²) in [4.78, 5) is 15.1. The van der Waals surface area contributed by atoms with Gasteiger partial charge in [-0.2, -0.15) is 0 Å². The van der Waals surface area contributed by atoms with Crippen LogP contribution in [0.15, 0.2) is 47.2 Å². The fraction of sp³-hybridized carbons (Fsp3) is 0.0769. The number of hydrogen-bond donors (Lipinski definition) is 2. The van der Waals surface area contributed by atoms with Crippen molar-refractivity contribution in [2.75, 3.05) is 5.32 Å². The van der Waals surface area contributed by atoms with E-state index in [2.05, 4.69) is 26.2 Å². The van der Waals surface area contributed by atoms with Crippen LogP contribution in [0.4, 0.5) is 5.69 Å². The summed E-state index contributed by atoms with van der Waals surface area (Å²) >= 11 is 3.26. The average molecular weight is 307 g/mol. The number of nitrogens with one attached hydrogen (secondary N) is 1. The molecule has 92 valence electrons. The number of hydrogen-bond acceptors (Lipinski definition) is 3. The van der Waals surface area contributed by atoms with Gasteiger partial charge in [0.1, 0.15) is 0 Å². The second kappa shape index (κ2) is 5.64. The summed E-state index contributed by atoms with van der Waals surface area (Å²) in [6.07, 6.45) is 3.44. The Hall–Kier alpha value is -1.88. The summed E-state index contributed by atoms with van der Waals surface area (Å²) in [7, 11) is 0. The maximum atomic E-state index is 11.1. The summed E-state index contributed by atoms with van der Waals surface area (Å²) < 4.78 is 0.742. The number of aromatic nitrogens is 1. The van der Waals surface area contributed by atoms with Gasteiger partial charge < -0.3 is 10.4 Å². The average Bonchev–Trinajstić information content (AvgIpc) is 2.38. The normalized spacial score (nSPS) is 10.1. The van der Waals surface area contributed by atoms with E-state index < -0.39 is 5.97 Å². The van der Waals surface area contributed by atoms with Crippen LogP contribution in [0, 0.1) is 0 Å². The molecule has 1 aromatic carbocycles. The van der Waals surface area contributed by atoms with E-state index in [1.54, 1.807) is 30.6 Å². The Balaban J connectivity index is 2.17. The molecule has 0 aliphatic carbocycles. The first-order chi connectivity index (χ1) is 8.66. The van der Waals surface area contributed by atoms with E-state index in [1.165, 1.54) is 0 Å². The molecule has 0 atom stereocenters. The zero-order valence-electron chi connectivity index (χ0n) is 9.43. The molecule has 0 bridgehead atoms. The highest BCUT2D eigenvalue weighted by Crippen LogP contribution is 2.21. The molecule has 1 aromatic heterocycles. The first-order valence-corrected chi connectivity index (χ1v) is 6.12. The van der Waals surface area contributed by atoms with Crippen LogP contribution in [0.1, 0.15) is 15.9 Å². The Bertz CT molecular complexity index is 558. The third-order valence-corrected chi connectivity index (χ3v) is 2.91. The van der Waals surface area contributed by atoms with Gasteiger partial charge in [0.15, 0.2) is 0 Å². The number of carboxylic acid groups (broad SMARTS) is 1. The van der Waals surface area contributed by atoms with Crippen molar-refractivity contribution < 1.29 is 9.90 Å². The molecule has 2 aromatic rings. The smallest absolute Gasteiger partial charge is 0.337 e. The van der Waals surface area contributed by atoms with Gasteiger partial charge in [-0.3, -0.25) is 4.98 Å². The molecule has 18 heavy (non-hydrogen) atoms. The summed E-state index contributed by atoms with van der Waals surface area (Å²) in [5.41, 5.74) is 1.83. The van der Waals surface area contributed by atoms with Gasteiger partial charge in [-0.25, -0.2) is 4.79 Å². The third-order valence-electron chi connectivity index (χ3n) is 2.42. The van der Waals surface area contributed by atoms with Crippen molar-refractivity contribution in [1.29, 1.82) is 0 Å². The van der Waals surface area contributed by atoms with Crippen LogP contribution >= 0.6 is 15.9 Å². The second-order valence-corrected chi connectivity index (χ2v) is 4.63. The molecule has 0 spiro atoms. The number of carboxylic acids is 1. The Kier molecular flexibility index (Phi) is 3.94. The highest BCUT2D eigenvalue weighted by Gasteiger charge is 2.10. The van der Waals surface area contributed by atoms with E-state index >= 15 is 0 Å². The standard InChI is InChI=1S/C13H11BrN2O2/c14-10-3-4-12(11(6-10)13(17)18)16-8-9-2-1-5-15-7-9/h1-7,16H,8H2,(H,17,18). The minimum Gasteiger partial charge on any atom is -0.478 e. The second-order valence-electron chi connectivity index (χ2n) is 3.71. The van der Waals surface area contributed by atoms with E-state index in [0.29, 0.717) is 12.2 Å². The van der Waals surface area contributed by atoms with Gasteiger partial charge >= 0.3 is 5.97 Å². The predicted molar refractivity (Wildman–Crippen MR) is 72.7 cm³/mol. The maximum absolute atomic E-state index is 11.1. The van der Waals surface area contributed by atoms with E-state index in [4.69, 9.17) is 5.11 Å². The number of aromatic carboxylic acids is 1. The Morgan fingerprint density at radius 2 is 2.22 bits per heavy atom. The third kappa shape index (κ3) is 3.07. The van der Waals surface area contributed by atoms with Crippen molar-refractivity contribution in [3.63, 3.8) is 0 Å². The quantitative estimate of drug-likeness (QED) is 0.911. The Morgan fingerprint density at radius 1 is 1.39 bits per heavy atom. The lowest BCUT2D eigenvalue weighted by molar-refractivity contribution is 0.0698. The van der Waals surface area contributed by atoms with Gasteiger partial charge in [-0.05, 0) is 29.8 Å². The molecule has 2 rings (SSSR count). The summed E-state index contributed by atoms with van der Waals surface area (Å²) in [6, 6.07) is 8.89. The molecule has 5 heteroatoms. The minimum atomic E-state index is -0.954. The van der Waals surface area contributed by atoms with Gasteiger partial charge in [0.05, 0.1) is 5.56 Å². The topological polar surface area (TPSA) is 62.2 Å². The molecule has 1 heterocycles. The molecular formula is C13H11BrN2O2.